The van der Waals surface area contributed by atoms with Gasteiger partial charge >= 0.3 is 0 Å². The zero-order valence-corrected chi connectivity index (χ0v) is 10.7. The molecule has 18 heavy (non-hydrogen) atoms. The van der Waals surface area contributed by atoms with Crippen molar-refractivity contribution in [1.82, 2.24) is 4.90 Å². The second-order valence-corrected chi connectivity index (χ2v) is 4.61. The Morgan fingerprint density at radius 3 is 2.83 bits per heavy atom. The Kier molecular flexibility index (Phi) is 4.33. The molecule has 1 aliphatic heterocycles. The Morgan fingerprint density at radius 1 is 1.50 bits per heavy atom. The lowest BCUT2D eigenvalue weighted by molar-refractivity contribution is -0.127. The fourth-order valence-electron chi connectivity index (χ4n) is 2.41. The van der Waals surface area contributed by atoms with Gasteiger partial charge in [0, 0.05) is 13.1 Å². The number of hydrogen-bond donors (Lipinski definition) is 1. The van der Waals surface area contributed by atoms with E-state index in [-0.39, 0.29) is 18.1 Å². The lowest BCUT2D eigenvalue weighted by Gasteiger charge is -2.36. The Balaban J connectivity index is 2.18. The van der Waals surface area contributed by atoms with Crippen LogP contribution in [0.3, 0.4) is 0 Å². The van der Waals surface area contributed by atoms with Crippen molar-refractivity contribution >= 4 is 5.91 Å². The monoisotopic (exact) mass is 248 g/mol. The number of ether oxygens (including phenoxy) is 1. The van der Waals surface area contributed by atoms with Crippen LogP contribution in [0.2, 0.25) is 0 Å². The summed E-state index contributed by atoms with van der Waals surface area (Å²) in [7, 11) is 0. The number of carbonyl (C=O) groups is 1. The Bertz CT molecular complexity index is 394. The summed E-state index contributed by atoms with van der Waals surface area (Å²) < 4.78 is 5.63. The molecule has 1 heterocycles. The molecule has 1 aromatic carbocycles. The van der Waals surface area contributed by atoms with E-state index in [1.807, 2.05) is 30.3 Å². The molecule has 98 valence electrons. The van der Waals surface area contributed by atoms with Gasteiger partial charge in [-0.05, 0) is 12.0 Å². The number of benzene rings is 1. The minimum absolute atomic E-state index is 0.198. The Hall–Kier alpha value is -1.39. The maximum atomic E-state index is 11.7. The van der Waals surface area contributed by atoms with Gasteiger partial charge in [-0.1, -0.05) is 37.3 Å². The number of amides is 1. The molecule has 0 spiro atoms. The van der Waals surface area contributed by atoms with Crippen molar-refractivity contribution in [3.8, 4) is 0 Å². The maximum Gasteiger partial charge on any atom is 0.239 e. The minimum Gasteiger partial charge on any atom is -0.376 e. The SMILES string of the molecule is CC[C@H]1CN([C@H](C(N)=O)c2ccccc2)CCO1. The van der Waals surface area contributed by atoms with Crippen molar-refractivity contribution in [2.45, 2.75) is 25.5 Å². The fraction of sp³-hybridized carbons (Fsp3) is 0.500. The van der Waals surface area contributed by atoms with Crippen LogP contribution in [0.25, 0.3) is 0 Å². The minimum atomic E-state index is -0.343. The molecule has 0 saturated carbocycles. The van der Waals surface area contributed by atoms with E-state index < -0.39 is 0 Å². The van der Waals surface area contributed by atoms with Crippen LogP contribution in [-0.4, -0.2) is 36.6 Å². The Labute approximate surface area is 108 Å². The molecule has 2 atom stereocenters. The van der Waals surface area contributed by atoms with Crippen LogP contribution in [0.5, 0.6) is 0 Å². The van der Waals surface area contributed by atoms with E-state index in [0.29, 0.717) is 6.61 Å². The molecule has 4 heteroatoms. The van der Waals surface area contributed by atoms with Gasteiger partial charge in [-0.3, -0.25) is 9.69 Å². The highest BCUT2D eigenvalue weighted by atomic mass is 16.5. The van der Waals surface area contributed by atoms with Crippen LogP contribution in [0.4, 0.5) is 0 Å². The van der Waals surface area contributed by atoms with Crippen molar-refractivity contribution in [3.05, 3.63) is 35.9 Å². The van der Waals surface area contributed by atoms with E-state index in [0.717, 1.165) is 25.1 Å². The van der Waals surface area contributed by atoms with Gasteiger partial charge in [0.2, 0.25) is 5.91 Å². The first kappa shape index (κ1) is 13.1. The number of primary amides is 1. The molecule has 1 aromatic rings. The molecule has 1 aliphatic rings. The van der Waals surface area contributed by atoms with E-state index in [9.17, 15) is 4.79 Å². The molecule has 2 rings (SSSR count). The van der Waals surface area contributed by atoms with Crippen LogP contribution in [0.15, 0.2) is 30.3 Å². The second-order valence-electron chi connectivity index (χ2n) is 4.61. The number of carbonyl (C=O) groups excluding carboxylic acids is 1. The topological polar surface area (TPSA) is 55.6 Å². The summed E-state index contributed by atoms with van der Waals surface area (Å²) in [6.45, 7) is 4.27. The molecule has 1 amide bonds. The quantitative estimate of drug-likeness (QED) is 0.874. The summed E-state index contributed by atoms with van der Waals surface area (Å²) in [6.07, 6.45) is 1.15. The van der Waals surface area contributed by atoms with Gasteiger partial charge in [-0.15, -0.1) is 0 Å². The average molecular weight is 248 g/mol. The standard InChI is InChI=1S/C14H20N2O2/c1-2-12-10-16(8-9-18-12)13(14(15)17)11-6-4-3-5-7-11/h3-7,12-13H,2,8-10H2,1H3,(H2,15,17)/t12-,13-/m0/s1. The molecule has 0 bridgehead atoms. The van der Waals surface area contributed by atoms with Crippen molar-refractivity contribution in [2.75, 3.05) is 19.7 Å². The number of nitrogens with two attached hydrogens (primary N) is 1. The summed E-state index contributed by atoms with van der Waals surface area (Å²) in [5.41, 5.74) is 6.53. The highest BCUT2D eigenvalue weighted by Crippen LogP contribution is 2.23. The summed E-state index contributed by atoms with van der Waals surface area (Å²) in [6, 6.07) is 9.36. The number of morpholine rings is 1. The molecular formula is C14H20N2O2. The van der Waals surface area contributed by atoms with Crippen molar-refractivity contribution in [2.24, 2.45) is 5.73 Å². The van der Waals surface area contributed by atoms with E-state index in [1.165, 1.54) is 0 Å². The summed E-state index contributed by atoms with van der Waals surface area (Å²) in [5, 5.41) is 0. The molecule has 1 saturated heterocycles. The van der Waals surface area contributed by atoms with Gasteiger partial charge < -0.3 is 10.5 Å². The van der Waals surface area contributed by atoms with Gasteiger partial charge in [0.15, 0.2) is 0 Å². The first-order chi connectivity index (χ1) is 8.72. The zero-order valence-electron chi connectivity index (χ0n) is 10.7. The van der Waals surface area contributed by atoms with E-state index in [2.05, 4.69) is 11.8 Å². The lowest BCUT2D eigenvalue weighted by atomic mass is 10.0. The smallest absolute Gasteiger partial charge is 0.239 e. The van der Waals surface area contributed by atoms with Gasteiger partial charge in [-0.25, -0.2) is 0 Å². The average Bonchev–Trinajstić information content (AvgIpc) is 2.40. The highest BCUT2D eigenvalue weighted by Gasteiger charge is 2.30. The normalized spacial score (nSPS) is 22.6. The Morgan fingerprint density at radius 2 is 2.22 bits per heavy atom. The van der Waals surface area contributed by atoms with Gasteiger partial charge in [0.1, 0.15) is 6.04 Å². The first-order valence-electron chi connectivity index (χ1n) is 6.42. The van der Waals surface area contributed by atoms with E-state index in [1.54, 1.807) is 0 Å². The van der Waals surface area contributed by atoms with Gasteiger partial charge in [-0.2, -0.15) is 0 Å². The third-order valence-corrected chi connectivity index (χ3v) is 3.38. The van der Waals surface area contributed by atoms with Crippen LogP contribution < -0.4 is 5.73 Å². The first-order valence-corrected chi connectivity index (χ1v) is 6.42. The lowest BCUT2D eigenvalue weighted by Crippen LogP contribution is -2.47. The summed E-state index contributed by atoms with van der Waals surface area (Å²) in [4.78, 5) is 13.9. The third-order valence-electron chi connectivity index (χ3n) is 3.38. The van der Waals surface area contributed by atoms with Gasteiger partial charge in [0.05, 0.1) is 12.7 Å². The van der Waals surface area contributed by atoms with Gasteiger partial charge in [0.25, 0.3) is 0 Å². The number of nitrogens with zero attached hydrogens (tertiary/aromatic N) is 1. The molecule has 0 unspecified atom stereocenters. The summed E-state index contributed by atoms with van der Waals surface area (Å²) >= 11 is 0. The molecule has 1 fully saturated rings. The van der Waals surface area contributed by atoms with Crippen LogP contribution in [0, 0.1) is 0 Å². The zero-order chi connectivity index (χ0) is 13.0. The van der Waals surface area contributed by atoms with E-state index in [4.69, 9.17) is 10.5 Å². The summed E-state index contributed by atoms with van der Waals surface area (Å²) in [5.74, 6) is -0.294. The maximum absolute atomic E-state index is 11.7. The number of hydrogen-bond acceptors (Lipinski definition) is 3. The molecule has 4 nitrogen and oxygen atoms in total. The highest BCUT2D eigenvalue weighted by molar-refractivity contribution is 5.81. The van der Waals surface area contributed by atoms with Crippen molar-refractivity contribution in [3.63, 3.8) is 0 Å². The molecular weight excluding hydrogens is 228 g/mol. The second kappa shape index (κ2) is 5.98. The van der Waals surface area contributed by atoms with Crippen molar-refractivity contribution in [1.29, 1.82) is 0 Å². The molecule has 0 aromatic heterocycles. The van der Waals surface area contributed by atoms with Crippen LogP contribution in [0.1, 0.15) is 24.9 Å². The molecule has 0 aliphatic carbocycles. The predicted molar refractivity (Wildman–Crippen MR) is 70.0 cm³/mol. The molecule has 2 N–H and O–H groups in total. The third kappa shape index (κ3) is 2.89. The van der Waals surface area contributed by atoms with Crippen LogP contribution >= 0.6 is 0 Å². The van der Waals surface area contributed by atoms with Crippen molar-refractivity contribution < 1.29 is 9.53 Å². The van der Waals surface area contributed by atoms with Crippen LogP contribution in [-0.2, 0) is 9.53 Å². The predicted octanol–water partition coefficient (Wildman–Crippen LogP) is 1.32. The van der Waals surface area contributed by atoms with E-state index >= 15 is 0 Å². The molecule has 0 radical (unpaired) electrons. The largest absolute Gasteiger partial charge is 0.376 e. The number of rotatable bonds is 4. The fourth-order valence-corrected chi connectivity index (χ4v) is 2.41.